The number of hydrogen-bond donors (Lipinski definition) is 0. The third kappa shape index (κ3) is 4.60. The minimum atomic E-state index is 0.963. The van der Waals surface area contributed by atoms with Crippen molar-refractivity contribution in [3.63, 3.8) is 0 Å². The third-order valence-corrected chi connectivity index (χ3v) is 1.73. The smallest absolute Gasteiger partial charge is 0.00948 e. The van der Waals surface area contributed by atoms with Gasteiger partial charge in [-0.25, -0.2) is 0 Å². The average molecular weight is 147 g/mol. The van der Waals surface area contributed by atoms with Crippen LogP contribution in [-0.4, -0.2) is 0 Å². The maximum atomic E-state index is 3.24. The summed E-state index contributed by atoms with van der Waals surface area (Å²) in [4.78, 5) is 0. The molecule has 1 aliphatic carbocycles. The van der Waals surface area contributed by atoms with Crippen LogP contribution in [0, 0.1) is 6.08 Å². The molecular formula is C11H15. The van der Waals surface area contributed by atoms with Crippen LogP contribution >= 0.6 is 0 Å². The minimum Gasteiger partial charge on any atom is -0.0845 e. The van der Waals surface area contributed by atoms with Crippen LogP contribution in [0.4, 0.5) is 0 Å². The van der Waals surface area contributed by atoms with Gasteiger partial charge in [-0.2, -0.15) is 0 Å². The Morgan fingerprint density at radius 3 is 2.73 bits per heavy atom. The SMILES string of the molecule is [C]1=C\CCCC/C=C\C=C/C/1. The first-order valence-electron chi connectivity index (χ1n) is 4.37. The van der Waals surface area contributed by atoms with Gasteiger partial charge in [0, 0.05) is 0 Å². The Balaban J connectivity index is 2.35. The quantitative estimate of drug-likeness (QED) is 0.492. The molecule has 0 saturated carbocycles. The molecule has 11 heavy (non-hydrogen) atoms. The zero-order valence-corrected chi connectivity index (χ0v) is 6.92. The molecule has 0 atom stereocenters. The molecule has 1 rings (SSSR count). The zero-order chi connectivity index (χ0) is 7.78. The van der Waals surface area contributed by atoms with Crippen LogP contribution in [-0.2, 0) is 0 Å². The van der Waals surface area contributed by atoms with E-state index in [0.717, 1.165) is 6.42 Å². The summed E-state index contributed by atoms with van der Waals surface area (Å²) in [7, 11) is 0. The molecule has 0 aromatic heterocycles. The van der Waals surface area contributed by atoms with Gasteiger partial charge in [-0.15, -0.1) is 0 Å². The molecule has 0 spiro atoms. The van der Waals surface area contributed by atoms with Crippen molar-refractivity contribution in [2.75, 3.05) is 0 Å². The van der Waals surface area contributed by atoms with Gasteiger partial charge in [0.1, 0.15) is 0 Å². The lowest BCUT2D eigenvalue weighted by molar-refractivity contribution is 0.760. The molecule has 0 N–H and O–H groups in total. The van der Waals surface area contributed by atoms with Crippen molar-refractivity contribution in [2.24, 2.45) is 0 Å². The molecule has 0 aliphatic heterocycles. The van der Waals surface area contributed by atoms with Gasteiger partial charge >= 0.3 is 0 Å². The molecule has 0 unspecified atom stereocenters. The zero-order valence-electron chi connectivity index (χ0n) is 6.92. The monoisotopic (exact) mass is 147 g/mol. The van der Waals surface area contributed by atoms with E-state index < -0.39 is 0 Å². The van der Waals surface area contributed by atoms with Gasteiger partial charge in [-0.3, -0.25) is 0 Å². The summed E-state index contributed by atoms with van der Waals surface area (Å²) < 4.78 is 0. The molecule has 59 valence electrons. The standard InChI is InChI=1S/C11H15/c1-2-4-6-8-10-11-9-7-5-3-1/h1-4,10H,5-7,9,11H2/b3-1-,4-2-,10-8?. The van der Waals surface area contributed by atoms with Crippen molar-refractivity contribution < 1.29 is 0 Å². The van der Waals surface area contributed by atoms with Crippen molar-refractivity contribution in [1.82, 2.24) is 0 Å². The Morgan fingerprint density at radius 1 is 0.909 bits per heavy atom. The van der Waals surface area contributed by atoms with E-state index in [1.165, 1.54) is 25.7 Å². The van der Waals surface area contributed by atoms with Crippen LogP contribution in [0.2, 0.25) is 0 Å². The summed E-state index contributed by atoms with van der Waals surface area (Å²) in [6.07, 6.45) is 20.0. The summed E-state index contributed by atoms with van der Waals surface area (Å²) in [6, 6.07) is 0. The van der Waals surface area contributed by atoms with Crippen molar-refractivity contribution in [3.8, 4) is 0 Å². The fraction of sp³-hybridized carbons (Fsp3) is 0.455. The second-order valence-electron chi connectivity index (χ2n) is 2.75. The fourth-order valence-corrected chi connectivity index (χ4v) is 1.08. The van der Waals surface area contributed by atoms with Gasteiger partial charge in [-0.05, 0) is 38.2 Å². The van der Waals surface area contributed by atoms with E-state index in [2.05, 4.69) is 36.5 Å². The van der Waals surface area contributed by atoms with Crippen LogP contribution in [0.5, 0.6) is 0 Å². The van der Waals surface area contributed by atoms with E-state index in [1.807, 2.05) is 0 Å². The Bertz CT molecular complexity index is 161. The number of hydrogen-bond acceptors (Lipinski definition) is 0. The van der Waals surface area contributed by atoms with E-state index in [9.17, 15) is 0 Å². The minimum absolute atomic E-state index is 0.963. The summed E-state index contributed by atoms with van der Waals surface area (Å²) >= 11 is 0. The highest BCUT2D eigenvalue weighted by Crippen LogP contribution is 2.03. The molecule has 0 aromatic carbocycles. The van der Waals surface area contributed by atoms with Crippen molar-refractivity contribution in [3.05, 3.63) is 36.5 Å². The van der Waals surface area contributed by atoms with E-state index in [1.54, 1.807) is 0 Å². The molecule has 0 nitrogen and oxygen atoms in total. The normalized spacial score (nSPS) is 28.4. The predicted molar refractivity (Wildman–Crippen MR) is 49.2 cm³/mol. The van der Waals surface area contributed by atoms with Crippen LogP contribution in [0.3, 0.4) is 0 Å². The molecule has 0 bridgehead atoms. The van der Waals surface area contributed by atoms with E-state index >= 15 is 0 Å². The molecule has 0 heterocycles. The lowest BCUT2D eigenvalue weighted by Gasteiger charge is -1.90. The fourth-order valence-electron chi connectivity index (χ4n) is 1.08. The summed E-state index contributed by atoms with van der Waals surface area (Å²) in [5.41, 5.74) is 0. The molecule has 1 radical (unpaired) electrons. The highest BCUT2D eigenvalue weighted by molar-refractivity contribution is 5.03. The highest BCUT2D eigenvalue weighted by Gasteiger charge is 1.83. The second kappa shape index (κ2) is 5.96. The average Bonchev–Trinajstić information content (AvgIpc) is 2.08. The first-order chi connectivity index (χ1) is 5.50. The highest BCUT2D eigenvalue weighted by atomic mass is 13.9. The van der Waals surface area contributed by atoms with E-state index in [0.29, 0.717) is 0 Å². The first kappa shape index (κ1) is 8.32. The molecule has 0 amide bonds. The first-order valence-corrected chi connectivity index (χ1v) is 4.37. The van der Waals surface area contributed by atoms with E-state index in [4.69, 9.17) is 0 Å². The number of rotatable bonds is 0. The molecule has 0 fully saturated rings. The summed E-state index contributed by atoms with van der Waals surface area (Å²) in [5.74, 6) is 0. The molecule has 0 heteroatoms. The third-order valence-electron chi connectivity index (χ3n) is 1.73. The van der Waals surface area contributed by atoms with Gasteiger partial charge in [-0.1, -0.05) is 30.4 Å². The van der Waals surface area contributed by atoms with Crippen LogP contribution in [0.25, 0.3) is 0 Å². The van der Waals surface area contributed by atoms with Gasteiger partial charge in [0.25, 0.3) is 0 Å². The predicted octanol–water partition coefficient (Wildman–Crippen LogP) is 3.42. The van der Waals surface area contributed by atoms with Gasteiger partial charge in [0.15, 0.2) is 0 Å². The Labute approximate surface area is 69.3 Å². The lowest BCUT2D eigenvalue weighted by Crippen LogP contribution is -1.71. The summed E-state index contributed by atoms with van der Waals surface area (Å²) in [6.45, 7) is 0. The van der Waals surface area contributed by atoms with Gasteiger partial charge in [0.2, 0.25) is 0 Å². The largest absolute Gasteiger partial charge is 0.0845 e. The Morgan fingerprint density at radius 2 is 1.73 bits per heavy atom. The van der Waals surface area contributed by atoms with Crippen molar-refractivity contribution in [2.45, 2.75) is 32.1 Å². The van der Waals surface area contributed by atoms with Crippen LogP contribution in [0.1, 0.15) is 32.1 Å². The maximum Gasteiger partial charge on any atom is -0.00948 e. The van der Waals surface area contributed by atoms with E-state index in [-0.39, 0.29) is 0 Å². The van der Waals surface area contributed by atoms with Crippen molar-refractivity contribution in [1.29, 1.82) is 0 Å². The molecule has 0 aromatic rings. The van der Waals surface area contributed by atoms with Gasteiger partial charge in [0.05, 0.1) is 0 Å². The topological polar surface area (TPSA) is 0 Å². The summed E-state index contributed by atoms with van der Waals surface area (Å²) in [5, 5.41) is 0. The van der Waals surface area contributed by atoms with Crippen molar-refractivity contribution >= 4 is 0 Å². The molecular weight excluding hydrogens is 132 g/mol. The van der Waals surface area contributed by atoms with Crippen LogP contribution < -0.4 is 0 Å². The molecule has 0 saturated heterocycles. The lowest BCUT2D eigenvalue weighted by atomic mass is 10.2. The molecule has 1 aliphatic rings. The van der Waals surface area contributed by atoms with Gasteiger partial charge < -0.3 is 0 Å². The Hall–Kier alpha value is -0.780. The number of allylic oxidation sites excluding steroid dienone is 6. The maximum absolute atomic E-state index is 3.24. The Kier molecular flexibility index (Phi) is 4.51. The second-order valence-corrected chi connectivity index (χ2v) is 2.75. The van der Waals surface area contributed by atoms with Crippen LogP contribution in [0.15, 0.2) is 30.4 Å².